The molecule has 1 atom stereocenters. The first-order valence-electron chi connectivity index (χ1n) is 6.67. The van der Waals surface area contributed by atoms with Crippen molar-refractivity contribution in [3.8, 4) is 0 Å². The SMILES string of the molecule is CCC(CCO)NC(=O)C(C1CC1)C1CC1. The number of nitrogens with one attached hydrogen (secondary N) is 1. The van der Waals surface area contributed by atoms with Gasteiger partial charge in [0.25, 0.3) is 0 Å². The Labute approximate surface area is 97.6 Å². The fraction of sp³-hybridized carbons (Fsp3) is 0.923. The quantitative estimate of drug-likeness (QED) is 0.693. The number of hydrogen-bond donors (Lipinski definition) is 2. The first kappa shape index (κ1) is 11.9. The van der Waals surface area contributed by atoms with Crippen molar-refractivity contribution < 1.29 is 9.90 Å². The number of aliphatic hydroxyl groups excluding tert-OH is 1. The highest BCUT2D eigenvalue weighted by Crippen LogP contribution is 2.49. The van der Waals surface area contributed by atoms with E-state index in [1.807, 2.05) is 0 Å². The molecule has 2 fully saturated rings. The monoisotopic (exact) mass is 225 g/mol. The lowest BCUT2D eigenvalue weighted by Crippen LogP contribution is -2.40. The smallest absolute Gasteiger partial charge is 0.223 e. The molecule has 0 aromatic heterocycles. The Kier molecular flexibility index (Phi) is 3.85. The van der Waals surface area contributed by atoms with Gasteiger partial charge in [0.05, 0.1) is 0 Å². The van der Waals surface area contributed by atoms with Crippen molar-refractivity contribution in [2.75, 3.05) is 6.61 Å². The molecular formula is C13H23NO2. The van der Waals surface area contributed by atoms with E-state index in [0.29, 0.717) is 18.3 Å². The zero-order valence-corrected chi connectivity index (χ0v) is 10.1. The third-order valence-corrected chi connectivity index (χ3v) is 3.88. The van der Waals surface area contributed by atoms with E-state index in [4.69, 9.17) is 5.11 Å². The summed E-state index contributed by atoms with van der Waals surface area (Å²) in [6, 6.07) is 0.164. The van der Waals surface area contributed by atoms with Crippen LogP contribution in [0.3, 0.4) is 0 Å². The van der Waals surface area contributed by atoms with Gasteiger partial charge in [-0.1, -0.05) is 6.92 Å². The van der Waals surface area contributed by atoms with Crippen molar-refractivity contribution in [2.45, 2.75) is 51.5 Å². The van der Waals surface area contributed by atoms with Crippen LogP contribution in [0.5, 0.6) is 0 Å². The Hall–Kier alpha value is -0.570. The summed E-state index contributed by atoms with van der Waals surface area (Å²) < 4.78 is 0. The minimum Gasteiger partial charge on any atom is -0.396 e. The van der Waals surface area contributed by atoms with E-state index in [1.54, 1.807) is 0 Å². The largest absolute Gasteiger partial charge is 0.396 e. The van der Waals surface area contributed by atoms with Crippen molar-refractivity contribution >= 4 is 5.91 Å². The van der Waals surface area contributed by atoms with Gasteiger partial charge >= 0.3 is 0 Å². The Bertz CT molecular complexity index is 234. The second-order valence-electron chi connectivity index (χ2n) is 5.33. The maximum Gasteiger partial charge on any atom is 0.223 e. The topological polar surface area (TPSA) is 49.3 Å². The average molecular weight is 225 g/mol. The molecule has 0 aromatic rings. The van der Waals surface area contributed by atoms with E-state index in [-0.39, 0.29) is 24.5 Å². The molecule has 16 heavy (non-hydrogen) atoms. The van der Waals surface area contributed by atoms with Crippen LogP contribution in [0.4, 0.5) is 0 Å². The predicted molar refractivity (Wildman–Crippen MR) is 62.9 cm³/mol. The summed E-state index contributed by atoms with van der Waals surface area (Å²) in [5.41, 5.74) is 0. The van der Waals surface area contributed by atoms with Crippen LogP contribution in [0.1, 0.15) is 45.4 Å². The number of carbonyl (C=O) groups excluding carboxylic acids is 1. The normalized spacial score (nSPS) is 22.2. The minimum absolute atomic E-state index is 0.163. The van der Waals surface area contributed by atoms with Crippen molar-refractivity contribution in [2.24, 2.45) is 17.8 Å². The van der Waals surface area contributed by atoms with Crippen molar-refractivity contribution in [1.29, 1.82) is 0 Å². The van der Waals surface area contributed by atoms with Gasteiger partial charge in [-0.2, -0.15) is 0 Å². The number of rotatable bonds is 7. The molecule has 0 radical (unpaired) electrons. The van der Waals surface area contributed by atoms with Crippen LogP contribution in [0.15, 0.2) is 0 Å². The molecule has 3 nitrogen and oxygen atoms in total. The van der Waals surface area contributed by atoms with Gasteiger partial charge in [0.2, 0.25) is 5.91 Å². The summed E-state index contributed by atoms with van der Waals surface area (Å²) >= 11 is 0. The Balaban J connectivity index is 1.84. The molecule has 3 heteroatoms. The molecule has 0 saturated heterocycles. The molecule has 2 aliphatic carbocycles. The minimum atomic E-state index is 0.163. The Morgan fingerprint density at radius 2 is 1.88 bits per heavy atom. The third kappa shape index (κ3) is 2.97. The van der Waals surface area contributed by atoms with Crippen LogP contribution in [-0.2, 0) is 4.79 Å². The predicted octanol–water partition coefficient (Wildman–Crippen LogP) is 1.70. The van der Waals surface area contributed by atoms with Crippen LogP contribution >= 0.6 is 0 Å². The zero-order chi connectivity index (χ0) is 11.5. The van der Waals surface area contributed by atoms with Gasteiger partial charge in [-0.3, -0.25) is 4.79 Å². The number of amides is 1. The fourth-order valence-corrected chi connectivity index (χ4v) is 2.56. The van der Waals surface area contributed by atoms with Crippen molar-refractivity contribution in [3.63, 3.8) is 0 Å². The van der Waals surface area contributed by atoms with Gasteiger partial charge < -0.3 is 10.4 Å². The molecule has 2 N–H and O–H groups in total. The van der Waals surface area contributed by atoms with E-state index in [9.17, 15) is 4.79 Å². The molecule has 0 heterocycles. The molecule has 0 aliphatic heterocycles. The maximum absolute atomic E-state index is 12.2. The van der Waals surface area contributed by atoms with Crippen molar-refractivity contribution in [1.82, 2.24) is 5.32 Å². The summed E-state index contributed by atoms with van der Waals surface area (Å²) in [6.45, 7) is 2.22. The molecule has 0 aromatic carbocycles. The molecule has 2 rings (SSSR count). The molecule has 92 valence electrons. The molecule has 2 aliphatic rings. The lowest BCUT2D eigenvalue weighted by atomic mass is 9.96. The summed E-state index contributed by atoms with van der Waals surface area (Å²) in [5, 5.41) is 12.0. The summed E-state index contributed by atoms with van der Waals surface area (Å²) in [6.07, 6.45) is 6.56. The zero-order valence-electron chi connectivity index (χ0n) is 10.1. The Morgan fingerprint density at radius 1 is 1.31 bits per heavy atom. The standard InChI is InChI=1S/C13H23NO2/c1-2-11(7-8-15)14-13(16)12(9-3-4-9)10-5-6-10/h9-12,15H,2-8H2,1H3,(H,14,16). The highest BCUT2D eigenvalue weighted by molar-refractivity contribution is 5.80. The Morgan fingerprint density at radius 3 is 2.25 bits per heavy atom. The van der Waals surface area contributed by atoms with Gasteiger partial charge in [0.15, 0.2) is 0 Å². The number of hydrogen-bond acceptors (Lipinski definition) is 2. The van der Waals surface area contributed by atoms with E-state index in [2.05, 4.69) is 12.2 Å². The highest BCUT2D eigenvalue weighted by atomic mass is 16.3. The van der Waals surface area contributed by atoms with Crippen LogP contribution < -0.4 is 5.32 Å². The van der Waals surface area contributed by atoms with E-state index in [0.717, 1.165) is 6.42 Å². The molecule has 0 spiro atoms. The summed E-state index contributed by atoms with van der Waals surface area (Å²) in [7, 11) is 0. The first-order valence-corrected chi connectivity index (χ1v) is 6.67. The second kappa shape index (κ2) is 5.17. The summed E-state index contributed by atoms with van der Waals surface area (Å²) in [5.74, 6) is 1.87. The molecule has 1 amide bonds. The van der Waals surface area contributed by atoms with E-state index < -0.39 is 0 Å². The molecule has 2 saturated carbocycles. The van der Waals surface area contributed by atoms with Crippen LogP contribution in [0, 0.1) is 17.8 Å². The van der Waals surface area contributed by atoms with E-state index in [1.165, 1.54) is 25.7 Å². The van der Waals surface area contributed by atoms with Crippen LogP contribution in [-0.4, -0.2) is 23.7 Å². The van der Waals surface area contributed by atoms with E-state index >= 15 is 0 Å². The average Bonchev–Trinajstić information content (AvgIpc) is 3.11. The van der Waals surface area contributed by atoms with Gasteiger partial charge in [0.1, 0.15) is 0 Å². The summed E-state index contributed by atoms with van der Waals surface area (Å²) in [4.78, 5) is 12.2. The van der Waals surface area contributed by atoms with Gasteiger partial charge in [0, 0.05) is 18.6 Å². The van der Waals surface area contributed by atoms with Crippen LogP contribution in [0.25, 0.3) is 0 Å². The highest BCUT2D eigenvalue weighted by Gasteiger charge is 2.45. The molecule has 0 bridgehead atoms. The number of carbonyl (C=O) groups is 1. The molecular weight excluding hydrogens is 202 g/mol. The number of aliphatic hydroxyl groups is 1. The fourth-order valence-electron chi connectivity index (χ4n) is 2.56. The van der Waals surface area contributed by atoms with Gasteiger partial charge in [-0.25, -0.2) is 0 Å². The van der Waals surface area contributed by atoms with Gasteiger partial charge in [-0.05, 0) is 50.4 Å². The second-order valence-corrected chi connectivity index (χ2v) is 5.33. The van der Waals surface area contributed by atoms with Crippen LogP contribution in [0.2, 0.25) is 0 Å². The third-order valence-electron chi connectivity index (χ3n) is 3.88. The maximum atomic E-state index is 12.2. The molecule has 1 unspecified atom stereocenters. The van der Waals surface area contributed by atoms with Gasteiger partial charge in [-0.15, -0.1) is 0 Å². The lowest BCUT2D eigenvalue weighted by Gasteiger charge is -2.21. The lowest BCUT2D eigenvalue weighted by molar-refractivity contribution is -0.127. The first-order chi connectivity index (χ1) is 7.76. The van der Waals surface area contributed by atoms with Crippen molar-refractivity contribution in [3.05, 3.63) is 0 Å².